The molecule has 14 heteroatoms. The third-order valence-corrected chi connectivity index (χ3v) is 4.60. The van der Waals surface area contributed by atoms with Crippen molar-refractivity contribution >= 4 is 23.9 Å². The number of cyclic esters (lactones) is 4. The van der Waals surface area contributed by atoms with Gasteiger partial charge in [0.05, 0.1) is 70.1 Å². The number of benzene rings is 1. The molecule has 0 spiro atoms. The minimum atomic E-state index is -0.667. The van der Waals surface area contributed by atoms with Crippen molar-refractivity contribution in [1.29, 1.82) is 0 Å². The van der Waals surface area contributed by atoms with E-state index in [1.807, 2.05) is 6.92 Å². The first-order valence-electron chi connectivity index (χ1n) is 11.7. The molecule has 0 aromatic heterocycles. The molecular formula is C25H38O14. The first kappa shape index (κ1) is 38.1. The van der Waals surface area contributed by atoms with E-state index in [1.54, 1.807) is 24.3 Å². The van der Waals surface area contributed by atoms with Crippen molar-refractivity contribution in [3.05, 3.63) is 47.5 Å². The van der Waals surface area contributed by atoms with E-state index in [1.165, 1.54) is 6.92 Å². The predicted molar refractivity (Wildman–Crippen MR) is 134 cm³/mol. The maximum Gasteiger partial charge on any atom is 0.346 e. The second-order valence-corrected chi connectivity index (χ2v) is 7.72. The van der Waals surface area contributed by atoms with Gasteiger partial charge in [-0.2, -0.15) is 0 Å². The van der Waals surface area contributed by atoms with Crippen LogP contribution in [0.25, 0.3) is 0 Å². The molecule has 0 saturated carbocycles. The Balaban J connectivity index is 0. The third-order valence-electron chi connectivity index (χ3n) is 4.60. The number of fused-ring (bicyclic) bond motifs is 1. The van der Waals surface area contributed by atoms with E-state index in [0.29, 0.717) is 30.8 Å². The van der Waals surface area contributed by atoms with Gasteiger partial charge in [-0.1, -0.05) is 19.1 Å². The summed E-state index contributed by atoms with van der Waals surface area (Å²) in [5.74, 6) is -2.26. The molecule has 2 aliphatic rings. The SMILES string of the molecule is CC(O)CO.CCC(CO)(CO)CO.O=C1C=CC(=O)O1.O=C1OC(=O)c2ccccc21.OCCOCCO. The fourth-order valence-electron chi connectivity index (χ4n) is 2.05. The smallest absolute Gasteiger partial charge is 0.346 e. The summed E-state index contributed by atoms with van der Waals surface area (Å²) in [5.41, 5.74) is 0.0509. The van der Waals surface area contributed by atoms with Crippen LogP contribution in [0.3, 0.4) is 0 Å². The molecule has 2 heterocycles. The van der Waals surface area contributed by atoms with Gasteiger partial charge >= 0.3 is 23.9 Å². The molecule has 3 rings (SSSR count). The average Bonchev–Trinajstić information content (AvgIpc) is 3.47. The van der Waals surface area contributed by atoms with Crippen LogP contribution in [0.2, 0.25) is 0 Å². The molecule has 7 N–H and O–H groups in total. The van der Waals surface area contributed by atoms with Crippen LogP contribution < -0.4 is 0 Å². The largest absolute Gasteiger partial charge is 0.396 e. The molecule has 0 saturated heterocycles. The first-order valence-corrected chi connectivity index (χ1v) is 11.7. The van der Waals surface area contributed by atoms with Gasteiger partial charge in [0, 0.05) is 17.6 Å². The molecule has 0 amide bonds. The van der Waals surface area contributed by atoms with Gasteiger partial charge in [-0.3, -0.25) is 0 Å². The van der Waals surface area contributed by atoms with E-state index in [-0.39, 0.29) is 39.6 Å². The number of aliphatic hydroxyl groups excluding tert-OH is 7. The summed E-state index contributed by atoms with van der Waals surface area (Å²) in [6, 6.07) is 6.53. The quantitative estimate of drug-likeness (QED) is 0.101. The van der Waals surface area contributed by atoms with Crippen LogP contribution in [0.15, 0.2) is 36.4 Å². The Kier molecular flexibility index (Phi) is 22.3. The lowest BCUT2D eigenvalue weighted by molar-refractivity contribution is -0.150. The normalized spacial score (nSPS) is 13.7. The molecule has 1 atom stereocenters. The average molecular weight is 563 g/mol. The summed E-state index contributed by atoms with van der Waals surface area (Å²) in [6.45, 7) is 3.44. The molecule has 39 heavy (non-hydrogen) atoms. The third kappa shape index (κ3) is 17.2. The summed E-state index contributed by atoms with van der Waals surface area (Å²) in [6.07, 6.45) is 2.20. The van der Waals surface area contributed by atoms with E-state index in [9.17, 15) is 19.2 Å². The Morgan fingerprint density at radius 2 is 1.15 bits per heavy atom. The van der Waals surface area contributed by atoms with E-state index in [2.05, 4.69) is 14.2 Å². The van der Waals surface area contributed by atoms with Crippen LogP contribution in [-0.2, 0) is 23.8 Å². The van der Waals surface area contributed by atoms with Crippen LogP contribution in [0, 0.1) is 5.41 Å². The number of hydrogen-bond donors (Lipinski definition) is 7. The lowest BCUT2D eigenvalue weighted by Crippen LogP contribution is -2.32. The van der Waals surface area contributed by atoms with Crippen molar-refractivity contribution in [2.45, 2.75) is 26.4 Å². The molecule has 0 aliphatic carbocycles. The van der Waals surface area contributed by atoms with Crippen molar-refractivity contribution in [2.75, 3.05) is 52.9 Å². The molecule has 1 aromatic rings. The van der Waals surface area contributed by atoms with Crippen molar-refractivity contribution in [2.24, 2.45) is 5.41 Å². The zero-order chi connectivity index (χ0) is 30.3. The maximum atomic E-state index is 10.8. The Hall–Kier alpha value is -3.08. The van der Waals surface area contributed by atoms with E-state index in [4.69, 9.17) is 35.7 Å². The standard InChI is InChI=1S/C8H4O3.C6H14O3.C4H2O3.C4H10O3.C3H8O2/c9-7-5-3-1-2-4-6(5)8(10)11-7;1-2-6(3-7,4-8)5-9;5-3-1-2-4(6)7-3;5-1-3-7-4-2-6;1-3(5)2-4/h1-4H;7-9H,2-5H2,1H3;1-2H;5-6H,1-4H2;3-5H,2H2,1H3. The number of carbonyl (C=O) groups is 4. The second-order valence-electron chi connectivity index (χ2n) is 7.72. The van der Waals surface area contributed by atoms with Gasteiger partial charge < -0.3 is 50.0 Å². The zero-order valence-electron chi connectivity index (χ0n) is 21.9. The van der Waals surface area contributed by atoms with Crippen molar-refractivity contribution < 1.29 is 69.1 Å². The number of aliphatic hydroxyl groups is 7. The molecule has 0 bridgehead atoms. The predicted octanol–water partition coefficient (Wildman–Crippen LogP) is -1.67. The van der Waals surface area contributed by atoms with Gasteiger partial charge in [-0.25, -0.2) is 19.2 Å². The Morgan fingerprint density at radius 3 is 1.36 bits per heavy atom. The molecule has 2 aliphatic heterocycles. The number of ether oxygens (including phenoxy) is 3. The minimum absolute atomic E-state index is 0.0278. The minimum Gasteiger partial charge on any atom is -0.396 e. The highest BCUT2D eigenvalue weighted by molar-refractivity contribution is 6.14. The highest BCUT2D eigenvalue weighted by Gasteiger charge is 2.28. The highest BCUT2D eigenvalue weighted by Crippen LogP contribution is 2.19. The lowest BCUT2D eigenvalue weighted by atomic mass is 9.88. The van der Waals surface area contributed by atoms with Gasteiger partial charge in [0.25, 0.3) is 0 Å². The highest BCUT2D eigenvalue weighted by atomic mass is 16.6. The summed E-state index contributed by atoms with van der Waals surface area (Å²) in [4.78, 5) is 41.5. The molecule has 1 unspecified atom stereocenters. The van der Waals surface area contributed by atoms with Crippen molar-refractivity contribution in [1.82, 2.24) is 0 Å². The summed E-state index contributed by atoms with van der Waals surface area (Å²) in [5, 5.41) is 58.1. The second kappa shape index (κ2) is 22.9. The monoisotopic (exact) mass is 562 g/mol. The number of rotatable bonds is 9. The van der Waals surface area contributed by atoms with E-state index >= 15 is 0 Å². The Bertz CT molecular complexity index is 807. The van der Waals surface area contributed by atoms with Gasteiger partial charge in [-0.05, 0) is 25.5 Å². The number of esters is 4. The lowest BCUT2D eigenvalue weighted by Gasteiger charge is -2.24. The van der Waals surface area contributed by atoms with Crippen LogP contribution in [0.4, 0.5) is 0 Å². The van der Waals surface area contributed by atoms with Gasteiger partial charge in [-0.15, -0.1) is 0 Å². The molecule has 14 nitrogen and oxygen atoms in total. The van der Waals surface area contributed by atoms with Crippen molar-refractivity contribution in [3.63, 3.8) is 0 Å². The molecule has 222 valence electrons. The van der Waals surface area contributed by atoms with Gasteiger partial charge in [0.1, 0.15) is 0 Å². The van der Waals surface area contributed by atoms with Crippen LogP contribution in [0.5, 0.6) is 0 Å². The zero-order valence-corrected chi connectivity index (χ0v) is 21.9. The molecule has 0 radical (unpaired) electrons. The summed E-state index contributed by atoms with van der Waals surface area (Å²) in [7, 11) is 0. The topological polar surface area (TPSA) is 238 Å². The summed E-state index contributed by atoms with van der Waals surface area (Å²) < 4.78 is 13.0. The molecular weight excluding hydrogens is 524 g/mol. The Labute approximate surface area is 225 Å². The molecule has 0 fully saturated rings. The van der Waals surface area contributed by atoms with Crippen molar-refractivity contribution in [3.8, 4) is 0 Å². The molecule has 1 aromatic carbocycles. The van der Waals surface area contributed by atoms with Crippen LogP contribution >= 0.6 is 0 Å². The first-order chi connectivity index (χ1) is 18.5. The van der Waals surface area contributed by atoms with Crippen LogP contribution in [-0.4, -0.2) is 119 Å². The van der Waals surface area contributed by atoms with Gasteiger partial charge in [0.15, 0.2) is 0 Å². The number of hydrogen-bond acceptors (Lipinski definition) is 14. The number of carbonyl (C=O) groups excluding carboxylic acids is 4. The van der Waals surface area contributed by atoms with Crippen LogP contribution in [0.1, 0.15) is 41.0 Å². The summed E-state index contributed by atoms with van der Waals surface area (Å²) >= 11 is 0. The fourth-order valence-corrected chi connectivity index (χ4v) is 2.05. The van der Waals surface area contributed by atoms with E-state index < -0.39 is 35.4 Å². The van der Waals surface area contributed by atoms with E-state index in [0.717, 1.165) is 12.2 Å². The maximum absolute atomic E-state index is 10.8. The fraction of sp³-hybridized carbons (Fsp3) is 0.520. The Morgan fingerprint density at radius 1 is 0.769 bits per heavy atom. The van der Waals surface area contributed by atoms with Gasteiger partial charge in [0.2, 0.25) is 0 Å².